The predicted molar refractivity (Wildman–Crippen MR) is 88.9 cm³/mol. The molecule has 1 heterocycles. The highest BCUT2D eigenvalue weighted by atomic mass is 16.5. The zero-order chi connectivity index (χ0) is 17.1. The Kier molecular flexibility index (Phi) is 4.29. The number of carbonyl (C=O) groups is 3. The number of hydrogen-bond acceptors (Lipinski definition) is 4. The van der Waals surface area contributed by atoms with Crippen molar-refractivity contribution in [3.8, 4) is 0 Å². The lowest BCUT2D eigenvalue weighted by Gasteiger charge is -2.28. The lowest BCUT2D eigenvalue weighted by Crippen LogP contribution is -2.44. The summed E-state index contributed by atoms with van der Waals surface area (Å²) in [5.74, 6) is -1.30. The Balaban J connectivity index is 1.69. The van der Waals surface area contributed by atoms with Crippen LogP contribution in [0.2, 0.25) is 0 Å². The van der Waals surface area contributed by atoms with Crippen LogP contribution in [0.25, 0.3) is 0 Å². The van der Waals surface area contributed by atoms with E-state index in [4.69, 9.17) is 4.74 Å². The second kappa shape index (κ2) is 6.54. The number of para-hydroxylation sites is 2. The van der Waals surface area contributed by atoms with Gasteiger partial charge in [0.05, 0.1) is 16.9 Å². The normalized spacial score (nSPS) is 13.0. The molecule has 0 aliphatic carbocycles. The predicted octanol–water partition coefficient (Wildman–Crippen LogP) is 2.14. The molecule has 0 saturated heterocycles. The van der Waals surface area contributed by atoms with Gasteiger partial charge in [0.2, 0.25) is 5.91 Å². The van der Waals surface area contributed by atoms with E-state index in [0.717, 1.165) is 5.56 Å². The Morgan fingerprint density at radius 3 is 2.75 bits per heavy atom. The van der Waals surface area contributed by atoms with Gasteiger partial charge >= 0.3 is 5.97 Å². The van der Waals surface area contributed by atoms with Crippen LogP contribution in [0.15, 0.2) is 48.5 Å². The molecule has 3 rings (SSSR count). The van der Waals surface area contributed by atoms with Gasteiger partial charge in [0.15, 0.2) is 6.61 Å². The van der Waals surface area contributed by atoms with E-state index in [1.807, 2.05) is 13.0 Å². The summed E-state index contributed by atoms with van der Waals surface area (Å²) in [6, 6.07) is 13.9. The molecule has 0 unspecified atom stereocenters. The number of nitrogens with zero attached hydrogens (tertiary/aromatic N) is 1. The molecule has 0 fully saturated rings. The highest BCUT2D eigenvalue weighted by Gasteiger charge is 2.27. The third kappa shape index (κ3) is 3.27. The summed E-state index contributed by atoms with van der Waals surface area (Å²) < 4.78 is 5.09. The number of hydrogen-bond donors (Lipinski definition) is 1. The average Bonchev–Trinajstić information content (AvgIpc) is 2.58. The molecule has 0 saturated carbocycles. The fourth-order valence-corrected chi connectivity index (χ4v) is 2.52. The first kappa shape index (κ1) is 15.7. The highest BCUT2D eigenvalue weighted by Crippen LogP contribution is 2.28. The van der Waals surface area contributed by atoms with Gasteiger partial charge in [-0.15, -0.1) is 0 Å². The SMILES string of the molecule is Cc1cccc(C(=O)OCC(=O)N2CC(=O)Nc3ccccc32)c1. The zero-order valence-electron chi connectivity index (χ0n) is 13.1. The van der Waals surface area contributed by atoms with E-state index >= 15 is 0 Å². The van der Waals surface area contributed by atoms with E-state index < -0.39 is 18.5 Å². The average molecular weight is 324 g/mol. The van der Waals surface area contributed by atoms with E-state index in [9.17, 15) is 14.4 Å². The number of fused-ring (bicyclic) bond motifs is 1. The van der Waals surface area contributed by atoms with Gasteiger partial charge < -0.3 is 10.1 Å². The van der Waals surface area contributed by atoms with Gasteiger partial charge in [0, 0.05) is 0 Å². The van der Waals surface area contributed by atoms with Crippen LogP contribution in [0.1, 0.15) is 15.9 Å². The molecule has 6 nitrogen and oxygen atoms in total. The minimum absolute atomic E-state index is 0.0994. The fraction of sp³-hybridized carbons (Fsp3) is 0.167. The van der Waals surface area contributed by atoms with Gasteiger partial charge in [-0.25, -0.2) is 4.79 Å². The van der Waals surface area contributed by atoms with Gasteiger partial charge in [-0.2, -0.15) is 0 Å². The van der Waals surface area contributed by atoms with Gasteiger partial charge in [-0.1, -0.05) is 29.8 Å². The molecule has 1 aliphatic heterocycles. The van der Waals surface area contributed by atoms with Crippen molar-refractivity contribution < 1.29 is 19.1 Å². The van der Waals surface area contributed by atoms with Gasteiger partial charge in [-0.3, -0.25) is 14.5 Å². The van der Waals surface area contributed by atoms with E-state index in [0.29, 0.717) is 16.9 Å². The molecule has 24 heavy (non-hydrogen) atoms. The van der Waals surface area contributed by atoms with Crippen LogP contribution in [0.4, 0.5) is 11.4 Å². The maximum absolute atomic E-state index is 12.4. The van der Waals surface area contributed by atoms with Crippen LogP contribution < -0.4 is 10.2 Å². The molecule has 0 atom stereocenters. The number of nitrogens with one attached hydrogen (secondary N) is 1. The smallest absolute Gasteiger partial charge is 0.338 e. The quantitative estimate of drug-likeness (QED) is 0.878. The Morgan fingerprint density at radius 1 is 1.17 bits per heavy atom. The van der Waals surface area contributed by atoms with Crippen molar-refractivity contribution in [2.45, 2.75) is 6.92 Å². The summed E-state index contributed by atoms with van der Waals surface area (Å²) in [4.78, 5) is 37.4. The molecule has 0 bridgehead atoms. The second-order valence-electron chi connectivity index (χ2n) is 5.49. The van der Waals surface area contributed by atoms with Gasteiger partial charge in [0.1, 0.15) is 6.54 Å². The largest absolute Gasteiger partial charge is 0.452 e. The number of benzene rings is 2. The van der Waals surface area contributed by atoms with Crippen LogP contribution in [-0.2, 0) is 14.3 Å². The Bertz CT molecular complexity index is 816. The van der Waals surface area contributed by atoms with Gasteiger partial charge in [-0.05, 0) is 31.2 Å². The summed E-state index contributed by atoms with van der Waals surface area (Å²) in [6.07, 6.45) is 0. The summed E-state index contributed by atoms with van der Waals surface area (Å²) in [5.41, 5.74) is 2.47. The molecular weight excluding hydrogens is 308 g/mol. The monoisotopic (exact) mass is 324 g/mol. The number of amides is 2. The number of carbonyl (C=O) groups excluding carboxylic acids is 3. The summed E-state index contributed by atoms with van der Waals surface area (Å²) in [6.45, 7) is 1.34. The topological polar surface area (TPSA) is 75.7 Å². The van der Waals surface area contributed by atoms with Crippen molar-refractivity contribution in [1.29, 1.82) is 0 Å². The van der Waals surface area contributed by atoms with Gasteiger partial charge in [0.25, 0.3) is 5.91 Å². The molecule has 6 heteroatoms. The summed E-state index contributed by atoms with van der Waals surface area (Å²) in [5, 5.41) is 2.70. The Morgan fingerprint density at radius 2 is 1.96 bits per heavy atom. The lowest BCUT2D eigenvalue weighted by atomic mass is 10.1. The molecule has 2 aromatic rings. The third-order valence-electron chi connectivity index (χ3n) is 3.65. The van der Waals surface area contributed by atoms with Crippen molar-refractivity contribution in [2.75, 3.05) is 23.4 Å². The molecule has 0 aromatic heterocycles. The zero-order valence-corrected chi connectivity index (χ0v) is 13.1. The first-order valence-corrected chi connectivity index (χ1v) is 7.47. The standard InChI is InChI=1S/C18H16N2O4/c1-12-5-4-6-13(9-12)18(23)24-11-17(22)20-10-16(21)19-14-7-2-3-8-15(14)20/h2-9H,10-11H2,1H3,(H,19,21). The molecule has 1 N–H and O–H groups in total. The minimum atomic E-state index is -0.568. The van der Waals surface area contributed by atoms with Crippen LogP contribution in [0.3, 0.4) is 0 Å². The van der Waals surface area contributed by atoms with Crippen molar-refractivity contribution in [2.24, 2.45) is 0 Å². The number of esters is 1. The molecule has 1 aliphatic rings. The van der Waals surface area contributed by atoms with Crippen molar-refractivity contribution in [3.63, 3.8) is 0 Å². The first-order valence-electron chi connectivity index (χ1n) is 7.47. The number of rotatable bonds is 3. The first-order chi connectivity index (χ1) is 11.5. The van der Waals surface area contributed by atoms with Crippen LogP contribution >= 0.6 is 0 Å². The van der Waals surface area contributed by atoms with E-state index in [-0.39, 0.29) is 12.5 Å². The molecule has 2 aromatic carbocycles. The van der Waals surface area contributed by atoms with Crippen molar-refractivity contribution >= 4 is 29.2 Å². The fourth-order valence-electron chi connectivity index (χ4n) is 2.52. The minimum Gasteiger partial charge on any atom is -0.452 e. The second-order valence-corrected chi connectivity index (χ2v) is 5.49. The van der Waals surface area contributed by atoms with Crippen LogP contribution in [-0.4, -0.2) is 30.9 Å². The summed E-state index contributed by atoms with van der Waals surface area (Å²) >= 11 is 0. The third-order valence-corrected chi connectivity index (χ3v) is 3.65. The van der Waals surface area contributed by atoms with E-state index in [2.05, 4.69) is 5.32 Å². The Hall–Kier alpha value is -3.15. The molecule has 0 radical (unpaired) electrons. The maximum Gasteiger partial charge on any atom is 0.338 e. The molecular formula is C18H16N2O4. The van der Waals surface area contributed by atoms with E-state index in [1.54, 1.807) is 42.5 Å². The Labute approximate surface area is 139 Å². The molecule has 2 amide bonds. The summed E-state index contributed by atoms with van der Waals surface area (Å²) in [7, 11) is 0. The number of anilines is 2. The maximum atomic E-state index is 12.4. The van der Waals surface area contributed by atoms with Crippen LogP contribution in [0, 0.1) is 6.92 Å². The van der Waals surface area contributed by atoms with Crippen LogP contribution in [0.5, 0.6) is 0 Å². The van der Waals surface area contributed by atoms with Crippen molar-refractivity contribution in [1.82, 2.24) is 0 Å². The van der Waals surface area contributed by atoms with Crippen molar-refractivity contribution in [3.05, 3.63) is 59.7 Å². The van der Waals surface area contributed by atoms with E-state index in [1.165, 1.54) is 4.90 Å². The number of aryl methyl sites for hydroxylation is 1. The molecule has 0 spiro atoms. The highest BCUT2D eigenvalue weighted by molar-refractivity contribution is 6.10. The number of ether oxygens (including phenoxy) is 1. The lowest BCUT2D eigenvalue weighted by molar-refractivity contribution is -0.124. The molecule has 122 valence electrons.